The lowest BCUT2D eigenvalue weighted by Crippen LogP contribution is -1.91. The van der Waals surface area contributed by atoms with Gasteiger partial charge >= 0.3 is 0 Å². The van der Waals surface area contributed by atoms with Crippen LogP contribution in [0.25, 0.3) is 0 Å². The number of pyridine rings is 1. The number of benzene rings is 1. The van der Waals surface area contributed by atoms with Crippen molar-refractivity contribution in [3.8, 4) is 11.5 Å². The molecule has 4 heteroatoms. The van der Waals surface area contributed by atoms with Crippen molar-refractivity contribution in [1.29, 1.82) is 0 Å². The lowest BCUT2D eigenvalue weighted by molar-refractivity contribution is 0.440. The number of halogens is 2. The fourth-order valence-electron chi connectivity index (χ4n) is 1.35. The second-order valence-corrected chi connectivity index (χ2v) is 4.20. The summed E-state index contributed by atoms with van der Waals surface area (Å²) in [4.78, 5) is 4.08. The molecule has 0 N–H and O–H groups in total. The third-order valence-electron chi connectivity index (χ3n) is 2.26. The van der Waals surface area contributed by atoms with E-state index >= 15 is 0 Å². The molecule has 2 aromatic rings. The van der Waals surface area contributed by atoms with Gasteiger partial charge in [-0.15, -0.1) is 0 Å². The number of nitrogens with zero attached hydrogens (tertiary/aromatic N) is 1. The molecule has 1 aromatic carbocycles. The first-order chi connectivity index (χ1) is 8.19. The molecule has 2 nitrogen and oxygen atoms in total. The minimum Gasteiger partial charge on any atom is -0.453 e. The Morgan fingerprint density at radius 3 is 2.71 bits per heavy atom. The lowest BCUT2D eigenvalue weighted by atomic mass is 10.2. The highest BCUT2D eigenvalue weighted by molar-refractivity contribution is 9.08. The molecule has 0 spiro atoms. The molecule has 0 amide bonds. The summed E-state index contributed by atoms with van der Waals surface area (Å²) >= 11 is 3.27. The zero-order valence-electron chi connectivity index (χ0n) is 9.28. The predicted molar refractivity (Wildman–Crippen MR) is 68.1 cm³/mol. The van der Waals surface area contributed by atoms with Gasteiger partial charge in [-0.05, 0) is 36.8 Å². The van der Waals surface area contributed by atoms with Gasteiger partial charge in [0.25, 0.3) is 0 Å². The maximum Gasteiger partial charge on any atom is 0.166 e. The summed E-state index contributed by atoms with van der Waals surface area (Å²) in [5.41, 5.74) is 1.77. The Bertz CT molecular complexity index is 513. The summed E-state index contributed by atoms with van der Waals surface area (Å²) in [7, 11) is 0. The Hall–Kier alpha value is -1.42. The molecular formula is C13H11BrFNO. The van der Waals surface area contributed by atoms with Crippen molar-refractivity contribution in [1.82, 2.24) is 4.98 Å². The third kappa shape index (κ3) is 3.03. The van der Waals surface area contributed by atoms with Crippen LogP contribution in [0, 0.1) is 12.7 Å². The first-order valence-corrected chi connectivity index (χ1v) is 6.26. The van der Waals surface area contributed by atoms with Gasteiger partial charge in [-0.1, -0.05) is 22.0 Å². The van der Waals surface area contributed by atoms with Gasteiger partial charge in [-0.3, -0.25) is 4.98 Å². The predicted octanol–water partition coefficient (Wildman–Crippen LogP) is 4.22. The van der Waals surface area contributed by atoms with E-state index in [9.17, 15) is 4.39 Å². The molecule has 0 aliphatic carbocycles. The summed E-state index contributed by atoms with van der Waals surface area (Å²) in [6.07, 6.45) is 1.58. The fraction of sp³-hybridized carbons (Fsp3) is 0.154. The molecule has 1 aromatic heterocycles. The highest BCUT2D eigenvalue weighted by atomic mass is 79.9. The minimum atomic E-state index is -0.373. The molecule has 0 fully saturated rings. The van der Waals surface area contributed by atoms with E-state index in [-0.39, 0.29) is 11.6 Å². The molecule has 88 valence electrons. The molecule has 0 bridgehead atoms. The van der Waals surface area contributed by atoms with Crippen LogP contribution in [-0.2, 0) is 5.33 Å². The Labute approximate surface area is 108 Å². The summed E-state index contributed by atoms with van der Waals surface area (Å²) in [5.74, 6) is 0.365. The van der Waals surface area contributed by atoms with Crippen LogP contribution < -0.4 is 4.74 Å². The summed E-state index contributed by atoms with van der Waals surface area (Å²) in [6, 6.07) is 8.46. The lowest BCUT2D eigenvalue weighted by Gasteiger charge is -2.07. The molecule has 0 unspecified atom stereocenters. The zero-order valence-corrected chi connectivity index (χ0v) is 10.9. The second kappa shape index (κ2) is 5.27. The van der Waals surface area contributed by atoms with Crippen molar-refractivity contribution >= 4 is 15.9 Å². The van der Waals surface area contributed by atoms with Gasteiger partial charge in [0, 0.05) is 11.0 Å². The van der Waals surface area contributed by atoms with Crippen LogP contribution in [0.15, 0.2) is 36.5 Å². The van der Waals surface area contributed by atoms with Crippen molar-refractivity contribution in [2.24, 2.45) is 0 Å². The Balaban J connectivity index is 2.21. The van der Waals surface area contributed by atoms with E-state index in [1.165, 1.54) is 6.07 Å². The van der Waals surface area contributed by atoms with E-state index in [2.05, 4.69) is 20.9 Å². The van der Waals surface area contributed by atoms with Crippen molar-refractivity contribution in [3.63, 3.8) is 0 Å². The minimum absolute atomic E-state index is 0.209. The van der Waals surface area contributed by atoms with E-state index in [4.69, 9.17) is 4.74 Å². The number of hydrogen-bond donors (Lipinski definition) is 0. The van der Waals surface area contributed by atoms with Gasteiger partial charge in [-0.25, -0.2) is 4.39 Å². The highest BCUT2D eigenvalue weighted by Gasteiger charge is 2.05. The molecule has 0 aliphatic rings. The van der Waals surface area contributed by atoms with Crippen molar-refractivity contribution in [2.75, 3.05) is 0 Å². The number of ether oxygens (including phenoxy) is 1. The summed E-state index contributed by atoms with van der Waals surface area (Å²) < 4.78 is 19.0. The molecule has 2 rings (SSSR count). The molecular weight excluding hydrogens is 285 g/mol. The van der Waals surface area contributed by atoms with E-state index in [0.717, 1.165) is 11.3 Å². The van der Waals surface area contributed by atoms with Crippen LogP contribution in [-0.4, -0.2) is 4.98 Å². The van der Waals surface area contributed by atoms with Crippen LogP contribution in [0.3, 0.4) is 0 Å². The van der Waals surface area contributed by atoms with E-state index in [0.29, 0.717) is 11.1 Å². The topological polar surface area (TPSA) is 22.1 Å². The number of rotatable bonds is 3. The average Bonchev–Trinajstić information content (AvgIpc) is 2.34. The zero-order chi connectivity index (χ0) is 12.3. The SMILES string of the molecule is Cc1ccc(Oc2ccc(CBr)cc2F)cn1. The Kier molecular flexibility index (Phi) is 3.74. The standard InChI is InChI=1S/C13H11BrFNO/c1-9-2-4-11(8-16-9)17-13-5-3-10(7-14)6-12(13)15/h2-6,8H,7H2,1H3. The summed E-state index contributed by atoms with van der Waals surface area (Å²) in [5, 5.41) is 0.621. The number of hydrogen-bond acceptors (Lipinski definition) is 2. The molecule has 1 heterocycles. The van der Waals surface area contributed by atoms with E-state index in [1.807, 2.05) is 19.1 Å². The quantitative estimate of drug-likeness (QED) is 0.791. The van der Waals surface area contributed by atoms with E-state index < -0.39 is 0 Å². The van der Waals surface area contributed by atoms with Crippen LogP contribution in [0.2, 0.25) is 0 Å². The van der Waals surface area contributed by atoms with Gasteiger partial charge in [0.05, 0.1) is 6.20 Å². The Morgan fingerprint density at radius 1 is 1.29 bits per heavy atom. The normalized spacial score (nSPS) is 10.3. The van der Waals surface area contributed by atoms with Gasteiger partial charge in [-0.2, -0.15) is 0 Å². The fourth-order valence-corrected chi connectivity index (χ4v) is 1.70. The largest absolute Gasteiger partial charge is 0.453 e. The molecule has 0 saturated carbocycles. The average molecular weight is 296 g/mol. The van der Waals surface area contributed by atoms with Crippen molar-refractivity contribution in [2.45, 2.75) is 12.3 Å². The number of alkyl halides is 1. The Morgan fingerprint density at radius 2 is 2.12 bits per heavy atom. The smallest absolute Gasteiger partial charge is 0.166 e. The second-order valence-electron chi connectivity index (χ2n) is 3.64. The monoisotopic (exact) mass is 295 g/mol. The molecule has 17 heavy (non-hydrogen) atoms. The number of aromatic nitrogens is 1. The van der Waals surface area contributed by atoms with Crippen LogP contribution in [0.4, 0.5) is 4.39 Å². The first kappa shape index (κ1) is 12.0. The van der Waals surface area contributed by atoms with Crippen LogP contribution in [0.5, 0.6) is 11.5 Å². The summed E-state index contributed by atoms with van der Waals surface area (Å²) in [6.45, 7) is 1.88. The van der Waals surface area contributed by atoms with Crippen molar-refractivity contribution in [3.05, 3.63) is 53.6 Å². The molecule has 0 saturated heterocycles. The molecule has 0 atom stereocenters. The molecule has 0 radical (unpaired) electrons. The first-order valence-electron chi connectivity index (χ1n) is 5.14. The maximum atomic E-state index is 13.6. The third-order valence-corrected chi connectivity index (χ3v) is 2.91. The number of aryl methyl sites for hydroxylation is 1. The molecule has 0 aliphatic heterocycles. The maximum absolute atomic E-state index is 13.6. The van der Waals surface area contributed by atoms with Gasteiger partial charge in [0.1, 0.15) is 5.75 Å². The van der Waals surface area contributed by atoms with Crippen LogP contribution >= 0.6 is 15.9 Å². The van der Waals surface area contributed by atoms with Gasteiger partial charge in [0.15, 0.2) is 11.6 Å². The van der Waals surface area contributed by atoms with Gasteiger partial charge in [0.2, 0.25) is 0 Å². The van der Waals surface area contributed by atoms with Crippen molar-refractivity contribution < 1.29 is 9.13 Å². The highest BCUT2D eigenvalue weighted by Crippen LogP contribution is 2.25. The van der Waals surface area contributed by atoms with Crippen LogP contribution in [0.1, 0.15) is 11.3 Å². The van der Waals surface area contributed by atoms with Gasteiger partial charge < -0.3 is 4.74 Å². The van der Waals surface area contributed by atoms with E-state index in [1.54, 1.807) is 18.3 Å².